The average Bonchev–Trinajstić information content (AvgIpc) is 2.41. The van der Waals surface area contributed by atoms with Gasteiger partial charge in [-0.05, 0) is 6.92 Å². The molecule has 0 saturated carbocycles. The Labute approximate surface area is 114 Å². The first kappa shape index (κ1) is 16.0. The molecule has 2 heterocycles. The largest absolute Gasteiger partial charge is 0.388 e. The summed E-state index contributed by atoms with van der Waals surface area (Å²) < 4.78 is 15.1. The van der Waals surface area contributed by atoms with Crippen molar-refractivity contribution >= 4 is 0 Å². The molecule has 9 nitrogen and oxygen atoms in total. The Bertz CT molecular complexity index is 313. The van der Waals surface area contributed by atoms with Gasteiger partial charge < -0.3 is 44.8 Å². The van der Waals surface area contributed by atoms with Gasteiger partial charge in [0.05, 0.1) is 12.7 Å². The molecule has 0 radical (unpaired) electrons. The van der Waals surface area contributed by atoms with E-state index >= 15 is 0 Å². The van der Waals surface area contributed by atoms with Gasteiger partial charge in [0.15, 0.2) is 12.6 Å². The highest BCUT2D eigenvalue weighted by atomic mass is 16.7. The Kier molecular flexibility index (Phi) is 4.95. The molecule has 0 aliphatic carbocycles. The van der Waals surface area contributed by atoms with Crippen LogP contribution in [0.5, 0.6) is 0 Å². The molecule has 20 heavy (non-hydrogen) atoms. The zero-order valence-corrected chi connectivity index (χ0v) is 10.8. The Morgan fingerprint density at radius 2 is 1.55 bits per heavy atom. The van der Waals surface area contributed by atoms with E-state index in [1.165, 1.54) is 6.92 Å². The lowest BCUT2D eigenvalue weighted by molar-refractivity contribution is -0.339. The van der Waals surface area contributed by atoms with Crippen LogP contribution in [0.4, 0.5) is 0 Å². The first-order chi connectivity index (χ1) is 9.32. The molecule has 2 aliphatic heterocycles. The molecule has 0 aromatic heterocycles. The monoisotopic (exact) mass is 296 g/mol. The third kappa shape index (κ3) is 2.96. The summed E-state index contributed by atoms with van der Waals surface area (Å²) in [7, 11) is 0. The fraction of sp³-hybridized carbons (Fsp3) is 1.00. The molecule has 6 N–H and O–H groups in total. The first-order valence-corrected chi connectivity index (χ1v) is 6.34. The van der Waals surface area contributed by atoms with E-state index in [0.717, 1.165) is 0 Å². The van der Waals surface area contributed by atoms with E-state index in [0.29, 0.717) is 0 Å². The second-order valence-electron chi connectivity index (χ2n) is 5.06. The highest BCUT2D eigenvalue weighted by molar-refractivity contribution is 4.90. The molecule has 2 aliphatic rings. The Balaban J connectivity index is 2.04. The van der Waals surface area contributed by atoms with Crippen molar-refractivity contribution in [3.63, 3.8) is 0 Å². The fourth-order valence-corrected chi connectivity index (χ4v) is 2.23. The van der Waals surface area contributed by atoms with E-state index in [1.807, 2.05) is 0 Å². The molecular weight excluding hydrogens is 276 g/mol. The normalized spacial score (nSPS) is 53.9. The number of ether oxygens (including phenoxy) is 3. The van der Waals surface area contributed by atoms with Crippen molar-refractivity contribution in [2.75, 3.05) is 6.61 Å². The lowest BCUT2D eigenvalue weighted by Crippen LogP contribution is -2.61. The van der Waals surface area contributed by atoms with Gasteiger partial charge in [-0.15, -0.1) is 0 Å². The molecule has 2 rings (SSSR count). The minimum Gasteiger partial charge on any atom is -0.388 e. The molecule has 9 unspecified atom stereocenters. The van der Waals surface area contributed by atoms with E-state index in [4.69, 9.17) is 14.2 Å². The van der Waals surface area contributed by atoms with Crippen molar-refractivity contribution in [2.45, 2.75) is 62.2 Å². The maximum Gasteiger partial charge on any atom is 0.186 e. The minimum atomic E-state index is -1.55. The van der Waals surface area contributed by atoms with Crippen molar-refractivity contribution < 1.29 is 44.8 Å². The molecule has 0 aromatic rings. The van der Waals surface area contributed by atoms with Crippen molar-refractivity contribution in [1.29, 1.82) is 0 Å². The predicted molar refractivity (Wildman–Crippen MR) is 61.2 cm³/mol. The van der Waals surface area contributed by atoms with Crippen LogP contribution in [0.3, 0.4) is 0 Å². The van der Waals surface area contributed by atoms with Crippen LogP contribution in [0.1, 0.15) is 6.92 Å². The first-order valence-electron chi connectivity index (χ1n) is 6.34. The van der Waals surface area contributed by atoms with Crippen LogP contribution in [-0.2, 0) is 14.2 Å². The average molecular weight is 296 g/mol. The minimum absolute atomic E-state index is 0.267. The second-order valence-corrected chi connectivity index (χ2v) is 5.06. The Morgan fingerprint density at radius 3 is 2.20 bits per heavy atom. The standard InChI is InChI=1S/C11H20O9/c1-3-5(13)9(8(16)10(17)19-3)20-11-7(15)6(14)4(12)2-18-11/h3-17H,2H2,1H3. The molecule has 118 valence electrons. The predicted octanol–water partition coefficient (Wildman–Crippen LogP) is -3.73. The summed E-state index contributed by atoms with van der Waals surface area (Å²) in [6.45, 7) is 1.21. The van der Waals surface area contributed by atoms with Crippen molar-refractivity contribution in [1.82, 2.24) is 0 Å². The van der Waals surface area contributed by atoms with Gasteiger partial charge in [0, 0.05) is 0 Å². The molecule has 9 atom stereocenters. The molecule has 2 saturated heterocycles. The van der Waals surface area contributed by atoms with Crippen LogP contribution >= 0.6 is 0 Å². The second kappa shape index (κ2) is 6.18. The summed E-state index contributed by atoms with van der Waals surface area (Å²) in [4.78, 5) is 0. The zero-order valence-electron chi connectivity index (χ0n) is 10.8. The Hall–Kier alpha value is -0.360. The van der Waals surface area contributed by atoms with Gasteiger partial charge in [-0.2, -0.15) is 0 Å². The molecule has 0 spiro atoms. The van der Waals surface area contributed by atoms with E-state index in [9.17, 15) is 30.6 Å². The number of aliphatic hydroxyl groups is 6. The SMILES string of the molecule is CC1OC(O)C(O)C(OC2OCC(O)C(O)C2O)C1O. The Morgan fingerprint density at radius 1 is 0.900 bits per heavy atom. The molecule has 0 aromatic carbocycles. The summed E-state index contributed by atoms with van der Waals surface area (Å²) in [5.74, 6) is 0. The quantitative estimate of drug-likeness (QED) is 0.302. The lowest BCUT2D eigenvalue weighted by atomic mass is 9.99. The maximum absolute atomic E-state index is 9.89. The summed E-state index contributed by atoms with van der Waals surface area (Å²) in [6.07, 6.45) is -12.0. The van der Waals surface area contributed by atoms with E-state index in [-0.39, 0.29) is 6.61 Å². The van der Waals surface area contributed by atoms with Crippen molar-refractivity contribution in [2.24, 2.45) is 0 Å². The van der Waals surface area contributed by atoms with Crippen LogP contribution in [0.25, 0.3) is 0 Å². The van der Waals surface area contributed by atoms with Gasteiger partial charge in [-0.25, -0.2) is 0 Å². The van der Waals surface area contributed by atoms with Crippen LogP contribution in [0.2, 0.25) is 0 Å². The summed E-state index contributed by atoms with van der Waals surface area (Å²) in [6, 6.07) is 0. The lowest BCUT2D eigenvalue weighted by Gasteiger charge is -2.43. The smallest absolute Gasteiger partial charge is 0.186 e. The molecule has 9 heteroatoms. The highest BCUT2D eigenvalue weighted by Crippen LogP contribution is 2.26. The van der Waals surface area contributed by atoms with Crippen LogP contribution in [-0.4, -0.2) is 92.6 Å². The van der Waals surface area contributed by atoms with E-state index in [2.05, 4.69) is 0 Å². The van der Waals surface area contributed by atoms with Gasteiger partial charge in [-0.3, -0.25) is 0 Å². The number of hydrogen-bond donors (Lipinski definition) is 6. The number of hydrogen-bond acceptors (Lipinski definition) is 9. The zero-order chi connectivity index (χ0) is 15.0. The fourth-order valence-electron chi connectivity index (χ4n) is 2.23. The topological polar surface area (TPSA) is 149 Å². The summed E-state index contributed by atoms with van der Waals surface area (Å²) >= 11 is 0. The van der Waals surface area contributed by atoms with Gasteiger partial charge in [0.2, 0.25) is 0 Å². The van der Waals surface area contributed by atoms with E-state index in [1.54, 1.807) is 0 Å². The highest BCUT2D eigenvalue weighted by Gasteiger charge is 2.47. The summed E-state index contributed by atoms with van der Waals surface area (Å²) in [5.41, 5.74) is 0. The van der Waals surface area contributed by atoms with Crippen LogP contribution < -0.4 is 0 Å². The molecule has 0 bridgehead atoms. The third-order valence-electron chi connectivity index (χ3n) is 3.55. The van der Waals surface area contributed by atoms with Crippen LogP contribution in [0.15, 0.2) is 0 Å². The molecule has 2 fully saturated rings. The third-order valence-corrected chi connectivity index (χ3v) is 3.55. The molecule has 0 amide bonds. The van der Waals surface area contributed by atoms with Crippen molar-refractivity contribution in [3.05, 3.63) is 0 Å². The van der Waals surface area contributed by atoms with Gasteiger partial charge in [0.1, 0.15) is 36.6 Å². The maximum atomic E-state index is 9.89. The number of aliphatic hydroxyl groups excluding tert-OH is 6. The number of rotatable bonds is 2. The van der Waals surface area contributed by atoms with Crippen molar-refractivity contribution in [3.8, 4) is 0 Å². The van der Waals surface area contributed by atoms with Gasteiger partial charge >= 0.3 is 0 Å². The summed E-state index contributed by atoms with van der Waals surface area (Å²) in [5, 5.41) is 57.7. The van der Waals surface area contributed by atoms with E-state index < -0.39 is 55.3 Å². The van der Waals surface area contributed by atoms with Gasteiger partial charge in [-0.1, -0.05) is 0 Å². The molecular formula is C11H20O9. The van der Waals surface area contributed by atoms with Gasteiger partial charge in [0.25, 0.3) is 0 Å². The van der Waals surface area contributed by atoms with Crippen LogP contribution in [0, 0.1) is 0 Å².